The average molecular weight is 260 g/mol. The number of phenols is 1. The Labute approximate surface area is 108 Å². The van der Waals surface area contributed by atoms with Crippen LogP contribution in [0, 0.1) is 6.92 Å². The van der Waals surface area contributed by atoms with Gasteiger partial charge in [0.05, 0.1) is 5.56 Å². The summed E-state index contributed by atoms with van der Waals surface area (Å²) in [6.07, 6.45) is 1.71. The molecule has 1 N–H and O–H groups in total. The molecule has 0 fully saturated rings. The third-order valence-electron chi connectivity index (χ3n) is 3.10. The molecule has 0 radical (unpaired) electrons. The molecule has 0 bridgehead atoms. The minimum Gasteiger partial charge on any atom is -0.507 e. The Balaban J connectivity index is 2.79. The summed E-state index contributed by atoms with van der Waals surface area (Å²) >= 11 is 0. The second-order valence-electron chi connectivity index (χ2n) is 4.19. The van der Waals surface area contributed by atoms with Gasteiger partial charge >= 0.3 is 5.63 Å². The number of hydrogen-bond acceptors (Lipinski definition) is 5. The highest BCUT2D eigenvalue weighted by Gasteiger charge is 2.15. The lowest BCUT2D eigenvalue weighted by molar-refractivity contribution is -0.107. The summed E-state index contributed by atoms with van der Waals surface area (Å²) in [7, 11) is 0. The summed E-state index contributed by atoms with van der Waals surface area (Å²) < 4.78 is 5.11. The number of carbonyl (C=O) groups is 2. The number of rotatable bonds is 4. The van der Waals surface area contributed by atoms with Gasteiger partial charge in [-0.3, -0.25) is 4.79 Å². The van der Waals surface area contributed by atoms with Crippen molar-refractivity contribution in [3.05, 3.63) is 39.2 Å². The molecule has 0 saturated heterocycles. The van der Waals surface area contributed by atoms with Crippen molar-refractivity contribution in [3.8, 4) is 5.75 Å². The molecule has 98 valence electrons. The first-order chi connectivity index (χ1) is 9.10. The second-order valence-corrected chi connectivity index (χ2v) is 4.19. The Kier molecular flexibility index (Phi) is 3.46. The Bertz CT molecular complexity index is 712. The number of hydrogen-bond donors (Lipinski definition) is 1. The first-order valence-electron chi connectivity index (χ1n) is 5.77. The first kappa shape index (κ1) is 13.0. The third kappa shape index (κ3) is 2.14. The largest absolute Gasteiger partial charge is 0.507 e. The monoisotopic (exact) mass is 260 g/mol. The maximum absolute atomic E-state index is 11.9. The van der Waals surface area contributed by atoms with Gasteiger partial charge < -0.3 is 14.3 Å². The molecular weight excluding hydrogens is 248 g/mol. The van der Waals surface area contributed by atoms with E-state index >= 15 is 0 Å². The van der Waals surface area contributed by atoms with E-state index in [4.69, 9.17) is 4.42 Å². The molecule has 2 aromatic rings. The summed E-state index contributed by atoms with van der Waals surface area (Å²) in [5, 5.41) is 10.1. The number of aromatic hydroxyl groups is 1. The predicted molar refractivity (Wildman–Crippen MR) is 68.7 cm³/mol. The van der Waals surface area contributed by atoms with Crippen LogP contribution in [0.25, 0.3) is 11.0 Å². The Morgan fingerprint density at radius 3 is 2.68 bits per heavy atom. The fourth-order valence-corrected chi connectivity index (χ4v) is 2.07. The van der Waals surface area contributed by atoms with Crippen molar-refractivity contribution in [3.63, 3.8) is 0 Å². The number of carbonyl (C=O) groups excluding carboxylic acids is 2. The van der Waals surface area contributed by atoms with Crippen LogP contribution in [0.1, 0.15) is 27.9 Å². The van der Waals surface area contributed by atoms with E-state index in [9.17, 15) is 19.5 Å². The van der Waals surface area contributed by atoms with Crippen LogP contribution in [0.5, 0.6) is 5.75 Å². The Morgan fingerprint density at radius 2 is 2.05 bits per heavy atom. The molecule has 0 aliphatic rings. The molecular formula is C14H12O5. The van der Waals surface area contributed by atoms with Crippen molar-refractivity contribution in [2.45, 2.75) is 19.8 Å². The van der Waals surface area contributed by atoms with Gasteiger partial charge in [0, 0.05) is 17.4 Å². The van der Waals surface area contributed by atoms with E-state index in [2.05, 4.69) is 0 Å². The van der Waals surface area contributed by atoms with Crippen LogP contribution in [0.4, 0.5) is 0 Å². The van der Waals surface area contributed by atoms with Gasteiger partial charge in [-0.1, -0.05) is 0 Å². The SMILES string of the molecule is Cc1c(CCC=O)c(=O)oc2c(C=O)c(O)ccc12. The molecule has 2 rings (SSSR count). The van der Waals surface area contributed by atoms with Gasteiger partial charge in [-0.05, 0) is 31.0 Å². The summed E-state index contributed by atoms with van der Waals surface area (Å²) in [4.78, 5) is 33.2. The van der Waals surface area contributed by atoms with Crippen LogP contribution < -0.4 is 5.63 Å². The molecule has 19 heavy (non-hydrogen) atoms. The summed E-state index contributed by atoms with van der Waals surface area (Å²) in [6.45, 7) is 1.73. The van der Waals surface area contributed by atoms with Gasteiger partial charge in [0.15, 0.2) is 11.9 Å². The molecule has 0 aliphatic heterocycles. The first-order valence-corrected chi connectivity index (χ1v) is 5.77. The van der Waals surface area contributed by atoms with E-state index in [1.54, 1.807) is 13.0 Å². The van der Waals surface area contributed by atoms with Crippen molar-refractivity contribution in [2.75, 3.05) is 0 Å². The third-order valence-corrected chi connectivity index (χ3v) is 3.10. The van der Waals surface area contributed by atoms with Crippen LogP contribution in [0.3, 0.4) is 0 Å². The number of fused-ring (bicyclic) bond motifs is 1. The van der Waals surface area contributed by atoms with E-state index in [-0.39, 0.29) is 23.3 Å². The summed E-state index contributed by atoms with van der Waals surface area (Å²) in [5.41, 5.74) is 0.533. The van der Waals surface area contributed by atoms with Crippen LogP contribution in [0.2, 0.25) is 0 Å². The maximum Gasteiger partial charge on any atom is 0.339 e. The fourth-order valence-electron chi connectivity index (χ4n) is 2.07. The molecule has 5 nitrogen and oxygen atoms in total. The van der Waals surface area contributed by atoms with Crippen LogP contribution in [0.15, 0.2) is 21.3 Å². The van der Waals surface area contributed by atoms with Crippen LogP contribution in [-0.2, 0) is 11.2 Å². The number of aryl methyl sites for hydroxylation is 1. The number of benzene rings is 1. The van der Waals surface area contributed by atoms with E-state index in [1.165, 1.54) is 6.07 Å². The van der Waals surface area contributed by atoms with Crippen molar-refractivity contribution < 1.29 is 19.1 Å². The predicted octanol–water partition coefficient (Wildman–Crippen LogP) is 1.75. The van der Waals surface area contributed by atoms with Gasteiger partial charge in [0.2, 0.25) is 0 Å². The lowest BCUT2D eigenvalue weighted by Gasteiger charge is -2.08. The van der Waals surface area contributed by atoms with Gasteiger partial charge in [0.1, 0.15) is 12.0 Å². The van der Waals surface area contributed by atoms with E-state index in [0.29, 0.717) is 29.2 Å². The zero-order valence-corrected chi connectivity index (χ0v) is 10.3. The fraction of sp³-hybridized carbons (Fsp3) is 0.214. The van der Waals surface area contributed by atoms with Gasteiger partial charge in [-0.2, -0.15) is 0 Å². The lowest BCUT2D eigenvalue weighted by atomic mass is 10.0. The zero-order valence-electron chi connectivity index (χ0n) is 10.3. The standard InChI is InChI=1S/C14H12O5/c1-8-9-4-5-12(17)11(7-16)13(9)19-14(18)10(8)3-2-6-15/h4-7,17H,2-3H2,1H3. The Morgan fingerprint density at radius 1 is 1.32 bits per heavy atom. The molecule has 0 saturated carbocycles. The summed E-state index contributed by atoms with van der Waals surface area (Å²) in [5.74, 6) is -0.231. The van der Waals surface area contributed by atoms with E-state index < -0.39 is 5.63 Å². The van der Waals surface area contributed by atoms with Crippen molar-refractivity contribution in [1.82, 2.24) is 0 Å². The van der Waals surface area contributed by atoms with Crippen molar-refractivity contribution in [2.24, 2.45) is 0 Å². The lowest BCUT2D eigenvalue weighted by Crippen LogP contribution is -2.11. The van der Waals surface area contributed by atoms with Gasteiger partial charge in [-0.15, -0.1) is 0 Å². The zero-order chi connectivity index (χ0) is 14.0. The smallest absolute Gasteiger partial charge is 0.339 e. The maximum atomic E-state index is 11.9. The number of aldehydes is 2. The molecule has 0 aliphatic carbocycles. The highest BCUT2D eigenvalue weighted by atomic mass is 16.4. The van der Waals surface area contributed by atoms with Crippen LogP contribution >= 0.6 is 0 Å². The molecule has 1 aromatic carbocycles. The minimum absolute atomic E-state index is 0.0420. The van der Waals surface area contributed by atoms with Crippen LogP contribution in [-0.4, -0.2) is 17.7 Å². The summed E-state index contributed by atoms with van der Waals surface area (Å²) in [6, 6.07) is 2.96. The highest BCUT2D eigenvalue weighted by molar-refractivity contribution is 5.98. The van der Waals surface area contributed by atoms with E-state index in [0.717, 1.165) is 6.29 Å². The molecule has 0 atom stereocenters. The number of phenolic OH excluding ortho intramolecular Hbond substituents is 1. The average Bonchev–Trinajstić information content (AvgIpc) is 2.38. The van der Waals surface area contributed by atoms with Crippen molar-refractivity contribution in [1.29, 1.82) is 0 Å². The molecule has 0 unspecified atom stereocenters. The quantitative estimate of drug-likeness (QED) is 0.668. The van der Waals surface area contributed by atoms with Gasteiger partial charge in [0.25, 0.3) is 0 Å². The molecule has 1 aromatic heterocycles. The molecule has 5 heteroatoms. The Hall–Kier alpha value is -2.43. The van der Waals surface area contributed by atoms with Gasteiger partial charge in [-0.25, -0.2) is 4.79 Å². The minimum atomic E-state index is -0.583. The highest BCUT2D eigenvalue weighted by Crippen LogP contribution is 2.28. The molecule has 1 heterocycles. The normalized spacial score (nSPS) is 10.6. The topological polar surface area (TPSA) is 84.6 Å². The van der Waals surface area contributed by atoms with Crippen molar-refractivity contribution >= 4 is 23.5 Å². The van der Waals surface area contributed by atoms with E-state index in [1.807, 2.05) is 0 Å². The molecule has 0 spiro atoms. The second kappa shape index (κ2) is 5.06. The molecule has 0 amide bonds.